The second-order valence-corrected chi connectivity index (χ2v) is 6.06. The number of carbonyl (C=O) groups is 1. The van der Waals surface area contributed by atoms with Crippen LogP contribution >= 0.6 is 0 Å². The zero-order chi connectivity index (χ0) is 17.6. The minimum atomic E-state index is -0.630. The van der Waals surface area contributed by atoms with E-state index < -0.39 is 6.10 Å². The molecule has 0 saturated carbocycles. The number of amides is 2. The molecule has 2 unspecified atom stereocenters. The highest BCUT2D eigenvalue weighted by molar-refractivity contribution is 5.76. The summed E-state index contributed by atoms with van der Waals surface area (Å²) in [7, 11) is 0. The minimum Gasteiger partial charge on any atom is -0.391 e. The van der Waals surface area contributed by atoms with Crippen molar-refractivity contribution >= 4 is 17.1 Å². The SMILES string of the molecule is CC(NC(=O)NCC(O)Cc1ccccc1)c1nc2ccccc2[nH]1. The van der Waals surface area contributed by atoms with Crippen molar-refractivity contribution in [2.24, 2.45) is 0 Å². The molecule has 1 aromatic heterocycles. The van der Waals surface area contributed by atoms with Crippen molar-refractivity contribution in [2.45, 2.75) is 25.5 Å². The highest BCUT2D eigenvalue weighted by Gasteiger charge is 2.14. The lowest BCUT2D eigenvalue weighted by molar-refractivity contribution is 0.170. The van der Waals surface area contributed by atoms with Gasteiger partial charge in [-0.2, -0.15) is 0 Å². The first-order valence-corrected chi connectivity index (χ1v) is 8.33. The average Bonchev–Trinajstić information content (AvgIpc) is 3.05. The molecular weight excluding hydrogens is 316 g/mol. The van der Waals surface area contributed by atoms with Crippen LogP contribution in [0.1, 0.15) is 24.4 Å². The Balaban J connectivity index is 1.48. The normalized spacial score (nSPS) is 13.4. The lowest BCUT2D eigenvalue weighted by atomic mass is 10.1. The standard InChI is InChI=1S/C19H22N4O2/c1-13(18-22-16-9-5-6-10-17(16)23-18)21-19(25)20-12-15(24)11-14-7-3-2-4-8-14/h2-10,13,15,24H,11-12H2,1H3,(H,22,23)(H2,20,21,25). The van der Waals surface area contributed by atoms with Crippen LogP contribution in [0.15, 0.2) is 54.6 Å². The third kappa shape index (κ3) is 4.58. The van der Waals surface area contributed by atoms with E-state index >= 15 is 0 Å². The van der Waals surface area contributed by atoms with Crippen molar-refractivity contribution in [3.05, 3.63) is 66.0 Å². The highest BCUT2D eigenvalue weighted by Crippen LogP contribution is 2.15. The number of aromatic nitrogens is 2. The maximum atomic E-state index is 12.0. The molecule has 1 heterocycles. The Bertz CT molecular complexity index is 799. The van der Waals surface area contributed by atoms with Gasteiger partial charge in [0, 0.05) is 13.0 Å². The number of para-hydroxylation sites is 2. The van der Waals surface area contributed by atoms with E-state index in [0.29, 0.717) is 12.2 Å². The predicted molar refractivity (Wildman–Crippen MR) is 97.2 cm³/mol. The molecule has 3 rings (SSSR count). The fourth-order valence-corrected chi connectivity index (χ4v) is 2.66. The first kappa shape index (κ1) is 17.0. The molecule has 130 valence electrons. The van der Waals surface area contributed by atoms with Gasteiger partial charge in [0.1, 0.15) is 5.82 Å². The van der Waals surface area contributed by atoms with Crippen molar-refractivity contribution in [3.8, 4) is 0 Å². The number of aromatic amines is 1. The summed E-state index contributed by atoms with van der Waals surface area (Å²) in [5.74, 6) is 0.696. The number of hydrogen-bond donors (Lipinski definition) is 4. The molecule has 0 radical (unpaired) electrons. The molecular formula is C19H22N4O2. The number of rotatable bonds is 6. The second kappa shape index (κ2) is 7.81. The maximum absolute atomic E-state index is 12.0. The number of urea groups is 1. The number of carbonyl (C=O) groups excluding carboxylic acids is 1. The van der Waals surface area contributed by atoms with Crippen LogP contribution in [0.2, 0.25) is 0 Å². The Morgan fingerprint density at radius 2 is 1.88 bits per heavy atom. The third-order valence-electron chi connectivity index (χ3n) is 3.98. The number of benzene rings is 2. The molecule has 2 aromatic carbocycles. The van der Waals surface area contributed by atoms with Crippen LogP contribution in [0.3, 0.4) is 0 Å². The third-order valence-corrected chi connectivity index (χ3v) is 3.98. The van der Waals surface area contributed by atoms with Crippen LogP contribution in [0, 0.1) is 0 Å². The zero-order valence-corrected chi connectivity index (χ0v) is 14.1. The number of nitrogens with zero attached hydrogens (tertiary/aromatic N) is 1. The molecule has 2 amide bonds. The van der Waals surface area contributed by atoms with Gasteiger partial charge in [0.05, 0.1) is 23.2 Å². The molecule has 0 fully saturated rings. The van der Waals surface area contributed by atoms with Crippen molar-refractivity contribution in [3.63, 3.8) is 0 Å². The van der Waals surface area contributed by atoms with E-state index in [9.17, 15) is 9.90 Å². The second-order valence-electron chi connectivity index (χ2n) is 6.06. The quantitative estimate of drug-likeness (QED) is 0.557. The van der Waals surface area contributed by atoms with Gasteiger partial charge in [-0.15, -0.1) is 0 Å². The Morgan fingerprint density at radius 1 is 1.16 bits per heavy atom. The fourth-order valence-electron chi connectivity index (χ4n) is 2.66. The Kier molecular flexibility index (Phi) is 5.30. The van der Waals surface area contributed by atoms with Crippen LogP contribution in [0.4, 0.5) is 4.79 Å². The number of H-pyrrole nitrogens is 1. The Morgan fingerprint density at radius 3 is 2.64 bits per heavy atom. The number of aliphatic hydroxyl groups is 1. The van der Waals surface area contributed by atoms with Gasteiger partial charge in [-0.05, 0) is 24.6 Å². The van der Waals surface area contributed by atoms with Gasteiger partial charge < -0.3 is 20.7 Å². The molecule has 0 saturated heterocycles. The van der Waals surface area contributed by atoms with Gasteiger partial charge in [-0.3, -0.25) is 0 Å². The molecule has 0 aliphatic heterocycles. The van der Waals surface area contributed by atoms with E-state index in [1.165, 1.54) is 0 Å². The molecule has 6 nitrogen and oxygen atoms in total. The van der Waals surface area contributed by atoms with Crippen molar-refractivity contribution in [2.75, 3.05) is 6.54 Å². The zero-order valence-electron chi connectivity index (χ0n) is 14.1. The molecule has 6 heteroatoms. The van der Waals surface area contributed by atoms with Gasteiger partial charge in [-0.25, -0.2) is 9.78 Å². The summed E-state index contributed by atoms with van der Waals surface area (Å²) in [5.41, 5.74) is 2.84. The summed E-state index contributed by atoms with van der Waals surface area (Å²) in [6.07, 6.45) is -0.130. The predicted octanol–water partition coefficient (Wildman–Crippen LogP) is 2.53. The molecule has 3 aromatic rings. The topological polar surface area (TPSA) is 90.0 Å². The Labute approximate surface area is 146 Å². The van der Waals surface area contributed by atoms with Crippen LogP contribution in [-0.4, -0.2) is 33.8 Å². The first-order valence-electron chi connectivity index (χ1n) is 8.33. The number of aliphatic hydroxyl groups excluding tert-OH is 1. The van der Waals surface area contributed by atoms with Crippen LogP contribution in [0.25, 0.3) is 11.0 Å². The maximum Gasteiger partial charge on any atom is 0.315 e. The fraction of sp³-hybridized carbons (Fsp3) is 0.263. The van der Waals surface area contributed by atoms with E-state index in [4.69, 9.17) is 0 Å². The molecule has 0 bridgehead atoms. The smallest absolute Gasteiger partial charge is 0.315 e. The molecule has 4 N–H and O–H groups in total. The highest BCUT2D eigenvalue weighted by atomic mass is 16.3. The molecule has 25 heavy (non-hydrogen) atoms. The minimum absolute atomic E-state index is 0.188. The summed E-state index contributed by atoms with van der Waals surface area (Å²) in [6, 6.07) is 16.8. The average molecular weight is 338 g/mol. The van der Waals surface area contributed by atoms with Crippen molar-refractivity contribution in [1.29, 1.82) is 0 Å². The van der Waals surface area contributed by atoms with Crippen LogP contribution < -0.4 is 10.6 Å². The molecule has 0 spiro atoms. The van der Waals surface area contributed by atoms with Crippen molar-refractivity contribution < 1.29 is 9.90 Å². The van der Waals surface area contributed by atoms with E-state index in [-0.39, 0.29) is 18.6 Å². The van der Waals surface area contributed by atoms with Crippen molar-refractivity contribution in [1.82, 2.24) is 20.6 Å². The first-order chi connectivity index (χ1) is 12.1. The number of hydrogen-bond acceptors (Lipinski definition) is 3. The molecule has 0 aliphatic carbocycles. The van der Waals surface area contributed by atoms with E-state index in [1.54, 1.807) is 0 Å². The summed E-state index contributed by atoms with van der Waals surface area (Å²) in [5, 5.41) is 15.6. The van der Waals surface area contributed by atoms with Gasteiger partial charge in [0.2, 0.25) is 0 Å². The van der Waals surface area contributed by atoms with Gasteiger partial charge in [0.15, 0.2) is 0 Å². The Hall–Kier alpha value is -2.86. The number of imidazole rings is 1. The van der Waals surface area contributed by atoms with Gasteiger partial charge in [0.25, 0.3) is 0 Å². The summed E-state index contributed by atoms with van der Waals surface area (Å²) in [6.45, 7) is 2.05. The summed E-state index contributed by atoms with van der Waals surface area (Å²) in [4.78, 5) is 19.7. The monoisotopic (exact) mass is 338 g/mol. The lowest BCUT2D eigenvalue weighted by Gasteiger charge is -2.15. The van der Waals surface area contributed by atoms with Crippen LogP contribution in [0.5, 0.6) is 0 Å². The summed E-state index contributed by atoms with van der Waals surface area (Å²) < 4.78 is 0. The summed E-state index contributed by atoms with van der Waals surface area (Å²) >= 11 is 0. The van der Waals surface area contributed by atoms with E-state index in [1.807, 2.05) is 61.5 Å². The van der Waals surface area contributed by atoms with Gasteiger partial charge in [-0.1, -0.05) is 42.5 Å². The molecule has 2 atom stereocenters. The largest absolute Gasteiger partial charge is 0.391 e. The van der Waals surface area contributed by atoms with E-state index in [2.05, 4.69) is 20.6 Å². The van der Waals surface area contributed by atoms with Crippen LogP contribution in [-0.2, 0) is 6.42 Å². The van der Waals surface area contributed by atoms with E-state index in [0.717, 1.165) is 16.6 Å². The number of fused-ring (bicyclic) bond motifs is 1. The molecule has 0 aliphatic rings. The number of nitrogens with one attached hydrogen (secondary N) is 3. The van der Waals surface area contributed by atoms with Gasteiger partial charge >= 0.3 is 6.03 Å². The lowest BCUT2D eigenvalue weighted by Crippen LogP contribution is -2.41.